The second-order valence-electron chi connectivity index (χ2n) is 5.77. The number of hydrogen-bond donors (Lipinski definition) is 4. The molecule has 6 N–H and O–H groups in total. The standard InChI is InChI=1S/C14H22N6O5/c1-8(2)14(16,12(23)24-5-3-4-21)25-7-20-6-17-9-10(20)18-13(15)19-11(9)22/h6,8,21H,3-5,7,16H2,1-2H3,(H3,15,18,19,22)/t14-/m0/s1. The Hall–Kier alpha value is -2.50. The summed E-state index contributed by atoms with van der Waals surface area (Å²) in [6, 6.07) is 0. The molecular formula is C14H22N6O5. The number of anilines is 1. The van der Waals surface area contributed by atoms with Gasteiger partial charge in [-0.15, -0.1) is 0 Å². The summed E-state index contributed by atoms with van der Waals surface area (Å²) in [5.74, 6) is -1.20. The van der Waals surface area contributed by atoms with Crippen LogP contribution < -0.4 is 17.0 Å². The molecule has 0 aliphatic heterocycles. The molecule has 0 saturated heterocycles. The lowest BCUT2D eigenvalue weighted by molar-refractivity contribution is -0.185. The number of aliphatic hydroxyl groups is 1. The maximum atomic E-state index is 12.2. The molecule has 0 spiro atoms. The summed E-state index contributed by atoms with van der Waals surface area (Å²) in [6.07, 6.45) is 1.65. The Morgan fingerprint density at radius 1 is 1.52 bits per heavy atom. The number of rotatable bonds is 8. The topological polar surface area (TPSA) is 171 Å². The van der Waals surface area contributed by atoms with E-state index in [4.69, 9.17) is 26.0 Å². The number of imidazole rings is 1. The molecule has 1 atom stereocenters. The summed E-state index contributed by atoms with van der Waals surface area (Å²) in [5.41, 5.74) is 9.74. The number of nitrogens with two attached hydrogens (primary N) is 2. The first-order chi connectivity index (χ1) is 11.8. The molecule has 2 aromatic rings. The predicted octanol–water partition coefficient (Wildman–Crippen LogP) is -1.09. The molecule has 0 aliphatic carbocycles. The minimum Gasteiger partial charge on any atom is -0.462 e. The van der Waals surface area contributed by atoms with Crippen LogP contribution in [-0.4, -0.2) is 49.5 Å². The molecule has 2 rings (SSSR count). The van der Waals surface area contributed by atoms with E-state index < -0.39 is 23.2 Å². The van der Waals surface area contributed by atoms with Crippen molar-refractivity contribution in [2.75, 3.05) is 18.9 Å². The molecule has 0 fully saturated rings. The number of aromatic nitrogens is 4. The zero-order valence-corrected chi connectivity index (χ0v) is 14.1. The minimum atomic E-state index is -1.70. The molecule has 0 aromatic carbocycles. The summed E-state index contributed by atoms with van der Waals surface area (Å²) in [6.45, 7) is 3.19. The summed E-state index contributed by atoms with van der Waals surface area (Å²) in [7, 11) is 0. The van der Waals surface area contributed by atoms with Gasteiger partial charge in [0.15, 0.2) is 5.52 Å². The van der Waals surface area contributed by atoms with E-state index in [-0.39, 0.29) is 31.4 Å². The first kappa shape index (κ1) is 18.8. The molecule has 0 saturated carbocycles. The highest BCUT2D eigenvalue weighted by Gasteiger charge is 2.40. The number of hydrogen-bond acceptors (Lipinski definition) is 9. The summed E-state index contributed by atoms with van der Waals surface area (Å²) >= 11 is 0. The van der Waals surface area contributed by atoms with Gasteiger partial charge in [-0.25, -0.2) is 9.78 Å². The smallest absolute Gasteiger partial charge is 0.353 e. The van der Waals surface area contributed by atoms with Crippen LogP contribution in [0.2, 0.25) is 0 Å². The van der Waals surface area contributed by atoms with Crippen LogP contribution in [0.4, 0.5) is 5.95 Å². The average Bonchev–Trinajstić information content (AvgIpc) is 2.95. The maximum Gasteiger partial charge on any atom is 0.353 e. The van der Waals surface area contributed by atoms with Crippen molar-refractivity contribution in [1.82, 2.24) is 19.5 Å². The Balaban J connectivity index is 2.19. The number of nitrogens with one attached hydrogen (secondary N) is 1. The molecule has 11 nitrogen and oxygen atoms in total. The van der Waals surface area contributed by atoms with Crippen molar-refractivity contribution >= 4 is 23.1 Å². The van der Waals surface area contributed by atoms with E-state index in [2.05, 4.69) is 15.0 Å². The molecule has 0 radical (unpaired) electrons. The van der Waals surface area contributed by atoms with Gasteiger partial charge in [-0.3, -0.25) is 15.1 Å². The van der Waals surface area contributed by atoms with Crippen LogP contribution in [0.25, 0.3) is 11.2 Å². The lowest BCUT2D eigenvalue weighted by Crippen LogP contribution is -2.56. The van der Waals surface area contributed by atoms with Crippen LogP contribution in [0.15, 0.2) is 11.1 Å². The molecular weight excluding hydrogens is 332 g/mol. The van der Waals surface area contributed by atoms with Crippen LogP contribution in [0.5, 0.6) is 0 Å². The summed E-state index contributed by atoms with van der Waals surface area (Å²) in [5, 5.41) is 8.76. The summed E-state index contributed by atoms with van der Waals surface area (Å²) < 4.78 is 12.1. The number of H-pyrrole nitrogens is 1. The van der Waals surface area contributed by atoms with E-state index in [0.29, 0.717) is 12.1 Å². The van der Waals surface area contributed by atoms with Crippen molar-refractivity contribution in [3.63, 3.8) is 0 Å². The molecule has 138 valence electrons. The molecule has 2 aromatic heterocycles. The van der Waals surface area contributed by atoms with Gasteiger partial charge in [0, 0.05) is 18.9 Å². The van der Waals surface area contributed by atoms with Crippen LogP contribution in [-0.2, 0) is 21.0 Å². The molecule has 2 heterocycles. The van der Waals surface area contributed by atoms with Gasteiger partial charge in [0.1, 0.15) is 12.4 Å². The fourth-order valence-electron chi connectivity index (χ4n) is 2.06. The molecule has 11 heteroatoms. The van der Waals surface area contributed by atoms with Crippen molar-refractivity contribution in [1.29, 1.82) is 0 Å². The number of nitrogens with zero attached hydrogens (tertiary/aromatic N) is 3. The van der Waals surface area contributed by atoms with Gasteiger partial charge in [-0.05, 0) is 0 Å². The predicted molar refractivity (Wildman–Crippen MR) is 88.1 cm³/mol. The second-order valence-corrected chi connectivity index (χ2v) is 5.77. The van der Waals surface area contributed by atoms with Gasteiger partial charge >= 0.3 is 11.5 Å². The quantitative estimate of drug-likeness (QED) is 0.261. The third kappa shape index (κ3) is 3.95. The number of fused-ring (bicyclic) bond motifs is 1. The van der Waals surface area contributed by atoms with E-state index in [1.165, 1.54) is 10.9 Å². The van der Waals surface area contributed by atoms with E-state index in [0.717, 1.165) is 0 Å². The normalized spacial score (nSPS) is 14.0. The fourth-order valence-corrected chi connectivity index (χ4v) is 2.06. The molecule has 0 aliphatic rings. The van der Waals surface area contributed by atoms with Gasteiger partial charge in [0.05, 0.1) is 12.9 Å². The Labute approximate surface area is 142 Å². The Morgan fingerprint density at radius 3 is 2.88 bits per heavy atom. The first-order valence-corrected chi connectivity index (χ1v) is 7.71. The zero-order valence-electron chi connectivity index (χ0n) is 14.1. The Kier molecular flexibility index (Phi) is 5.72. The Morgan fingerprint density at radius 2 is 2.24 bits per heavy atom. The summed E-state index contributed by atoms with van der Waals surface area (Å²) in [4.78, 5) is 34.2. The third-order valence-electron chi connectivity index (χ3n) is 3.66. The number of carbonyl (C=O) groups is 1. The van der Waals surface area contributed by atoms with E-state index in [1.807, 2.05) is 0 Å². The van der Waals surface area contributed by atoms with Crippen molar-refractivity contribution < 1.29 is 19.4 Å². The number of esters is 1. The highest BCUT2D eigenvalue weighted by molar-refractivity contribution is 5.79. The zero-order chi connectivity index (χ0) is 18.6. The minimum absolute atomic E-state index is 0.0356. The highest BCUT2D eigenvalue weighted by Crippen LogP contribution is 2.19. The lowest BCUT2D eigenvalue weighted by Gasteiger charge is -2.31. The maximum absolute atomic E-state index is 12.2. The van der Waals surface area contributed by atoms with Gasteiger partial charge in [-0.2, -0.15) is 4.98 Å². The number of carbonyl (C=O) groups excluding carboxylic acids is 1. The number of aliphatic hydroxyl groups excluding tert-OH is 1. The first-order valence-electron chi connectivity index (χ1n) is 7.71. The van der Waals surface area contributed by atoms with Crippen molar-refractivity contribution in [2.45, 2.75) is 32.7 Å². The highest BCUT2D eigenvalue weighted by atomic mass is 16.6. The van der Waals surface area contributed by atoms with E-state index in [1.54, 1.807) is 13.8 Å². The monoisotopic (exact) mass is 354 g/mol. The van der Waals surface area contributed by atoms with Gasteiger partial charge in [-0.1, -0.05) is 13.8 Å². The second kappa shape index (κ2) is 7.59. The third-order valence-corrected chi connectivity index (χ3v) is 3.66. The average molecular weight is 354 g/mol. The number of aromatic amines is 1. The number of ether oxygens (including phenoxy) is 2. The van der Waals surface area contributed by atoms with Crippen LogP contribution in [0.3, 0.4) is 0 Å². The largest absolute Gasteiger partial charge is 0.462 e. The van der Waals surface area contributed by atoms with Crippen LogP contribution in [0.1, 0.15) is 20.3 Å². The van der Waals surface area contributed by atoms with Gasteiger partial charge in [0.25, 0.3) is 0 Å². The van der Waals surface area contributed by atoms with Crippen LogP contribution in [0, 0.1) is 5.92 Å². The van der Waals surface area contributed by atoms with E-state index in [9.17, 15) is 9.59 Å². The van der Waals surface area contributed by atoms with Crippen molar-refractivity contribution in [3.05, 3.63) is 16.7 Å². The van der Waals surface area contributed by atoms with Gasteiger partial charge in [0.2, 0.25) is 11.7 Å². The fraction of sp³-hybridized carbons (Fsp3) is 0.571. The van der Waals surface area contributed by atoms with Crippen molar-refractivity contribution in [3.8, 4) is 0 Å². The molecule has 0 amide bonds. The lowest BCUT2D eigenvalue weighted by atomic mass is 10.0. The number of nitrogen functional groups attached to an aromatic ring is 1. The van der Waals surface area contributed by atoms with Crippen molar-refractivity contribution in [2.24, 2.45) is 11.7 Å². The van der Waals surface area contributed by atoms with Gasteiger partial charge < -0.3 is 25.3 Å². The Bertz CT molecular complexity index is 801. The molecule has 0 bridgehead atoms. The SMILES string of the molecule is CC(C)[C@](N)(OCn1cnc2c(=O)nc(N)[nH]c21)C(=O)OCCCO. The molecule has 25 heavy (non-hydrogen) atoms. The molecule has 0 unspecified atom stereocenters. The van der Waals surface area contributed by atoms with E-state index >= 15 is 0 Å². The van der Waals surface area contributed by atoms with Crippen LogP contribution >= 0.6 is 0 Å².